The molecule has 0 bridgehead atoms. The molecule has 31 heavy (non-hydrogen) atoms. The van der Waals surface area contributed by atoms with Crippen molar-refractivity contribution in [3.63, 3.8) is 0 Å². The molecule has 0 spiro atoms. The molecule has 0 saturated carbocycles. The first kappa shape index (κ1) is 20.8. The van der Waals surface area contributed by atoms with E-state index in [2.05, 4.69) is 22.3 Å². The fourth-order valence-electron chi connectivity index (χ4n) is 3.25. The molecule has 0 fully saturated rings. The molecule has 0 aliphatic heterocycles. The van der Waals surface area contributed by atoms with E-state index in [0.29, 0.717) is 31.2 Å². The highest BCUT2D eigenvalue weighted by Gasteiger charge is 2.18. The minimum atomic E-state index is 0.0264. The third-order valence-corrected chi connectivity index (χ3v) is 5.78. The van der Waals surface area contributed by atoms with Crippen LogP contribution in [-0.2, 0) is 12.8 Å². The van der Waals surface area contributed by atoms with Crippen LogP contribution in [0.15, 0.2) is 76.6 Å². The quantitative estimate of drug-likeness (QED) is 0.382. The van der Waals surface area contributed by atoms with Crippen molar-refractivity contribution in [2.45, 2.75) is 12.8 Å². The molecule has 6 nitrogen and oxygen atoms in total. The van der Waals surface area contributed by atoms with Crippen molar-refractivity contribution in [3.8, 4) is 17.1 Å². The Morgan fingerprint density at radius 3 is 2.65 bits per heavy atom. The van der Waals surface area contributed by atoms with Crippen LogP contribution in [0.4, 0.5) is 0 Å². The molecule has 2 aromatic carbocycles. The van der Waals surface area contributed by atoms with Crippen molar-refractivity contribution in [2.75, 3.05) is 20.2 Å². The summed E-state index contributed by atoms with van der Waals surface area (Å²) in [4.78, 5) is 20.1. The Bertz CT molecular complexity index is 1110. The van der Waals surface area contributed by atoms with Gasteiger partial charge in [-0.1, -0.05) is 53.7 Å². The molecule has 0 radical (unpaired) electrons. The van der Waals surface area contributed by atoms with E-state index >= 15 is 0 Å². The predicted octanol–water partition coefficient (Wildman–Crippen LogP) is 4.73. The summed E-state index contributed by atoms with van der Waals surface area (Å²) >= 11 is 1.45. The summed E-state index contributed by atoms with van der Waals surface area (Å²) in [5, 5.41) is 6.00. The molecule has 4 rings (SSSR count). The molecule has 0 atom stereocenters. The Morgan fingerprint density at radius 2 is 1.87 bits per heavy atom. The number of carbonyl (C=O) groups excluding carboxylic acids is 1. The zero-order valence-electron chi connectivity index (χ0n) is 17.2. The Balaban J connectivity index is 1.44. The number of nitrogens with zero attached hydrogens (tertiary/aromatic N) is 3. The lowest BCUT2D eigenvalue weighted by molar-refractivity contribution is 0.0761. The number of methoxy groups -OCH3 is 1. The topological polar surface area (TPSA) is 68.5 Å². The van der Waals surface area contributed by atoms with Gasteiger partial charge in [0.2, 0.25) is 11.7 Å². The second-order valence-corrected chi connectivity index (χ2v) is 7.95. The van der Waals surface area contributed by atoms with E-state index in [1.807, 2.05) is 64.9 Å². The van der Waals surface area contributed by atoms with Gasteiger partial charge < -0.3 is 14.2 Å². The molecule has 0 saturated heterocycles. The number of rotatable bonds is 9. The first-order valence-electron chi connectivity index (χ1n) is 10.1. The summed E-state index contributed by atoms with van der Waals surface area (Å²) in [6.07, 6.45) is 1.28. The van der Waals surface area contributed by atoms with Crippen LogP contribution in [0.5, 0.6) is 5.75 Å². The van der Waals surface area contributed by atoms with Gasteiger partial charge in [0.15, 0.2) is 0 Å². The van der Waals surface area contributed by atoms with Gasteiger partial charge in [-0.2, -0.15) is 4.98 Å². The van der Waals surface area contributed by atoms with E-state index in [1.54, 1.807) is 7.11 Å². The minimum absolute atomic E-state index is 0.0264. The van der Waals surface area contributed by atoms with E-state index in [4.69, 9.17) is 9.26 Å². The number of amides is 1. The lowest BCUT2D eigenvalue weighted by Gasteiger charge is -2.21. The summed E-state index contributed by atoms with van der Waals surface area (Å²) < 4.78 is 10.7. The Labute approximate surface area is 185 Å². The summed E-state index contributed by atoms with van der Waals surface area (Å²) in [7, 11) is 1.62. The van der Waals surface area contributed by atoms with Crippen LogP contribution in [0.2, 0.25) is 0 Å². The maximum atomic E-state index is 13.0. The number of hydrogen-bond acceptors (Lipinski definition) is 6. The largest absolute Gasteiger partial charge is 0.497 e. The molecule has 0 unspecified atom stereocenters. The first-order valence-corrected chi connectivity index (χ1v) is 10.9. The average molecular weight is 434 g/mol. The number of carbonyl (C=O) groups is 1. The summed E-state index contributed by atoms with van der Waals surface area (Å²) in [5.74, 6) is 1.77. The van der Waals surface area contributed by atoms with Gasteiger partial charge >= 0.3 is 0 Å². The highest BCUT2D eigenvalue weighted by molar-refractivity contribution is 7.12. The van der Waals surface area contributed by atoms with Crippen molar-refractivity contribution >= 4 is 17.2 Å². The van der Waals surface area contributed by atoms with Gasteiger partial charge in [0.1, 0.15) is 5.75 Å². The average Bonchev–Trinajstić information content (AvgIpc) is 3.52. The van der Waals surface area contributed by atoms with Gasteiger partial charge in [-0.25, -0.2) is 0 Å². The SMILES string of the molecule is COc1cccc(-c2noc(CCN(CCc3ccccc3)C(=O)c3cccs3)n2)c1. The van der Waals surface area contributed by atoms with Crippen molar-refractivity contribution in [3.05, 3.63) is 88.4 Å². The van der Waals surface area contributed by atoms with Gasteiger partial charge in [-0.15, -0.1) is 11.3 Å². The molecule has 158 valence electrons. The Hall–Kier alpha value is -3.45. The highest BCUT2D eigenvalue weighted by Crippen LogP contribution is 2.21. The van der Waals surface area contributed by atoms with Gasteiger partial charge in [0, 0.05) is 25.1 Å². The summed E-state index contributed by atoms with van der Waals surface area (Å²) in [6, 6.07) is 21.4. The molecule has 0 aliphatic rings. The van der Waals surface area contributed by atoms with E-state index in [9.17, 15) is 4.79 Å². The monoisotopic (exact) mass is 433 g/mol. The smallest absolute Gasteiger partial charge is 0.263 e. The molecular formula is C24H23N3O3S. The van der Waals surface area contributed by atoms with E-state index < -0.39 is 0 Å². The molecule has 0 aliphatic carbocycles. The molecule has 1 amide bonds. The first-order chi connectivity index (χ1) is 15.2. The number of ether oxygens (including phenoxy) is 1. The van der Waals surface area contributed by atoms with Gasteiger partial charge in [0.25, 0.3) is 5.91 Å². The minimum Gasteiger partial charge on any atom is -0.497 e. The van der Waals surface area contributed by atoms with Gasteiger partial charge in [0.05, 0.1) is 12.0 Å². The molecule has 4 aromatic rings. The van der Waals surface area contributed by atoms with Crippen molar-refractivity contribution in [1.29, 1.82) is 0 Å². The number of thiophene rings is 1. The van der Waals surface area contributed by atoms with E-state index in [0.717, 1.165) is 22.6 Å². The third-order valence-electron chi connectivity index (χ3n) is 4.92. The number of benzene rings is 2. The van der Waals surface area contributed by atoms with E-state index in [1.165, 1.54) is 16.9 Å². The molecule has 0 N–H and O–H groups in total. The molecule has 2 aromatic heterocycles. The highest BCUT2D eigenvalue weighted by atomic mass is 32.1. The Morgan fingerprint density at radius 1 is 1.03 bits per heavy atom. The predicted molar refractivity (Wildman–Crippen MR) is 120 cm³/mol. The molecule has 7 heteroatoms. The fraction of sp³-hybridized carbons (Fsp3) is 0.208. The lowest BCUT2D eigenvalue weighted by Crippen LogP contribution is -2.34. The third kappa shape index (κ3) is 5.38. The van der Waals surface area contributed by atoms with Crippen molar-refractivity contribution in [1.82, 2.24) is 15.0 Å². The van der Waals surface area contributed by atoms with Crippen LogP contribution in [0.1, 0.15) is 21.1 Å². The number of aromatic nitrogens is 2. The maximum Gasteiger partial charge on any atom is 0.263 e. The summed E-state index contributed by atoms with van der Waals surface area (Å²) in [5.41, 5.74) is 2.02. The second-order valence-electron chi connectivity index (χ2n) is 7.00. The van der Waals surface area contributed by atoms with Crippen LogP contribution in [0.3, 0.4) is 0 Å². The van der Waals surface area contributed by atoms with Crippen LogP contribution in [0, 0.1) is 0 Å². The fourth-order valence-corrected chi connectivity index (χ4v) is 3.94. The second kappa shape index (κ2) is 10.0. The van der Waals surface area contributed by atoms with Crippen LogP contribution >= 0.6 is 11.3 Å². The standard InChI is InChI=1S/C24H23N3O3S/c1-29-20-10-5-9-19(17-20)23-25-22(30-26-23)13-15-27(24(28)21-11-6-16-31-21)14-12-18-7-3-2-4-8-18/h2-11,16-17H,12-15H2,1H3. The van der Waals surface area contributed by atoms with Crippen molar-refractivity contribution < 1.29 is 14.1 Å². The lowest BCUT2D eigenvalue weighted by atomic mass is 10.1. The number of hydrogen-bond donors (Lipinski definition) is 0. The molecular weight excluding hydrogens is 410 g/mol. The summed E-state index contributed by atoms with van der Waals surface area (Å²) in [6.45, 7) is 1.13. The van der Waals surface area contributed by atoms with E-state index in [-0.39, 0.29) is 5.91 Å². The maximum absolute atomic E-state index is 13.0. The van der Waals surface area contributed by atoms with Crippen molar-refractivity contribution in [2.24, 2.45) is 0 Å². The van der Waals surface area contributed by atoms with Crippen LogP contribution < -0.4 is 4.74 Å². The molecule has 2 heterocycles. The zero-order valence-corrected chi connectivity index (χ0v) is 18.0. The zero-order chi connectivity index (χ0) is 21.5. The normalized spacial score (nSPS) is 10.7. The van der Waals surface area contributed by atoms with Gasteiger partial charge in [-0.3, -0.25) is 4.79 Å². The van der Waals surface area contributed by atoms with Gasteiger partial charge in [-0.05, 0) is 35.6 Å². The van der Waals surface area contributed by atoms with Crippen LogP contribution in [0.25, 0.3) is 11.4 Å². The Kier molecular flexibility index (Phi) is 6.74. The van der Waals surface area contributed by atoms with Crippen LogP contribution in [-0.4, -0.2) is 41.1 Å².